The van der Waals surface area contributed by atoms with Crippen molar-refractivity contribution in [3.8, 4) is 17.0 Å². The van der Waals surface area contributed by atoms with E-state index in [0.29, 0.717) is 5.69 Å². The molecule has 152 valence electrons. The SMILES string of the molecule is Cc1nn(C)c(C)c1-c1cc(C(=O)NNC(=O)C(C)Oc2ccccc2F)[nH]n1. The number of H-pyrrole nitrogens is 1. The highest BCUT2D eigenvalue weighted by atomic mass is 19.1. The van der Waals surface area contributed by atoms with Crippen LogP contribution in [0.1, 0.15) is 28.8 Å². The van der Waals surface area contributed by atoms with Crippen LogP contribution in [0.2, 0.25) is 0 Å². The summed E-state index contributed by atoms with van der Waals surface area (Å²) in [6.45, 7) is 5.20. The molecule has 1 aromatic carbocycles. The number of hydrazine groups is 1. The summed E-state index contributed by atoms with van der Waals surface area (Å²) < 4.78 is 20.6. The molecule has 1 unspecified atom stereocenters. The molecule has 3 rings (SSSR count). The van der Waals surface area contributed by atoms with Gasteiger partial charge in [0.25, 0.3) is 11.8 Å². The molecule has 1 atom stereocenters. The minimum atomic E-state index is -1.02. The van der Waals surface area contributed by atoms with E-state index in [1.54, 1.807) is 16.8 Å². The zero-order chi connectivity index (χ0) is 21.1. The van der Waals surface area contributed by atoms with Gasteiger partial charge in [-0.2, -0.15) is 10.2 Å². The first-order valence-electron chi connectivity index (χ1n) is 8.85. The number of carbonyl (C=O) groups is 2. The van der Waals surface area contributed by atoms with Crippen LogP contribution in [-0.2, 0) is 11.8 Å². The predicted octanol–water partition coefficient (Wildman–Crippen LogP) is 1.79. The smallest absolute Gasteiger partial charge is 0.287 e. The van der Waals surface area contributed by atoms with Gasteiger partial charge < -0.3 is 4.74 Å². The first-order valence-corrected chi connectivity index (χ1v) is 8.85. The maximum Gasteiger partial charge on any atom is 0.287 e. The first kappa shape index (κ1) is 20.1. The Morgan fingerprint density at radius 1 is 1.24 bits per heavy atom. The lowest BCUT2D eigenvalue weighted by Gasteiger charge is -2.15. The number of aromatic amines is 1. The molecule has 3 aromatic rings. The molecule has 0 fully saturated rings. The lowest BCUT2D eigenvalue weighted by Crippen LogP contribution is -2.47. The molecule has 9 nitrogen and oxygen atoms in total. The number of ether oxygens (including phenoxy) is 1. The Bertz CT molecular complexity index is 1060. The maximum absolute atomic E-state index is 13.6. The molecule has 0 bridgehead atoms. The van der Waals surface area contributed by atoms with Crippen molar-refractivity contribution < 1.29 is 18.7 Å². The fourth-order valence-electron chi connectivity index (χ4n) is 2.78. The standard InChI is InChI=1S/C19H21FN6O3/c1-10-17(11(2)26(4)25-10)14-9-15(22-21-14)19(28)24-23-18(27)12(3)29-16-8-6-5-7-13(16)20/h5-9,12H,1-4H3,(H,21,22)(H,23,27)(H,24,28). The fraction of sp³-hybridized carbons (Fsp3) is 0.263. The number of aryl methyl sites for hydroxylation is 2. The van der Waals surface area contributed by atoms with Crippen LogP contribution in [0, 0.1) is 19.7 Å². The van der Waals surface area contributed by atoms with E-state index in [1.807, 2.05) is 20.9 Å². The molecule has 0 saturated carbocycles. The number of hydrogen-bond donors (Lipinski definition) is 3. The monoisotopic (exact) mass is 400 g/mol. The van der Waals surface area contributed by atoms with Crippen molar-refractivity contribution in [3.63, 3.8) is 0 Å². The van der Waals surface area contributed by atoms with Crippen molar-refractivity contribution in [2.24, 2.45) is 7.05 Å². The van der Waals surface area contributed by atoms with Crippen LogP contribution in [-0.4, -0.2) is 37.9 Å². The summed E-state index contributed by atoms with van der Waals surface area (Å²) in [7, 11) is 1.83. The number of carbonyl (C=O) groups excluding carboxylic acids is 2. The zero-order valence-electron chi connectivity index (χ0n) is 16.4. The minimum absolute atomic E-state index is 0.0538. The third-order valence-electron chi connectivity index (χ3n) is 4.40. The van der Waals surface area contributed by atoms with Crippen LogP contribution < -0.4 is 15.6 Å². The van der Waals surface area contributed by atoms with Gasteiger partial charge in [-0.3, -0.25) is 30.2 Å². The summed E-state index contributed by atoms with van der Waals surface area (Å²) in [5.74, 6) is -1.86. The number of hydrogen-bond acceptors (Lipinski definition) is 5. The van der Waals surface area contributed by atoms with E-state index >= 15 is 0 Å². The second-order valence-corrected chi connectivity index (χ2v) is 6.47. The summed E-state index contributed by atoms with van der Waals surface area (Å²) in [5, 5.41) is 11.1. The van der Waals surface area contributed by atoms with Gasteiger partial charge in [-0.15, -0.1) is 0 Å². The molecule has 0 radical (unpaired) electrons. The van der Waals surface area contributed by atoms with Crippen LogP contribution in [0.5, 0.6) is 5.75 Å². The third kappa shape index (κ3) is 4.26. The van der Waals surface area contributed by atoms with Gasteiger partial charge in [0.15, 0.2) is 17.7 Å². The number of nitrogens with one attached hydrogen (secondary N) is 3. The van der Waals surface area contributed by atoms with E-state index < -0.39 is 23.7 Å². The number of para-hydroxylation sites is 1. The molecule has 2 amide bonds. The van der Waals surface area contributed by atoms with E-state index in [-0.39, 0.29) is 11.4 Å². The topological polar surface area (TPSA) is 114 Å². The summed E-state index contributed by atoms with van der Waals surface area (Å²) in [6.07, 6.45) is -1.02. The summed E-state index contributed by atoms with van der Waals surface area (Å²) in [4.78, 5) is 24.4. The highest BCUT2D eigenvalue weighted by Gasteiger charge is 2.20. The van der Waals surface area contributed by atoms with Gasteiger partial charge in [0.1, 0.15) is 5.69 Å². The van der Waals surface area contributed by atoms with E-state index in [1.165, 1.54) is 25.1 Å². The largest absolute Gasteiger partial charge is 0.478 e. The van der Waals surface area contributed by atoms with Gasteiger partial charge in [0.2, 0.25) is 0 Å². The molecule has 0 spiro atoms. The number of rotatable bonds is 5. The first-order chi connectivity index (χ1) is 13.8. The molecule has 29 heavy (non-hydrogen) atoms. The molecule has 0 saturated heterocycles. The van der Waals surface area contributed by atoms with E-state index in [4.69, 9.17) is 4.74 Å². The van der Waals surface area contributed by atoms with Crippen LogP contribution in [0.15, 0.2) is 30.3 Å². The summed E-state index contributed by atoms with van der Waals surface area (Å²) in [5.41, 5.74) is 7.78. The van der Waals surface area contributed by atoms with Gasteiger partial charge >= 0.3 is 0 Å². The van der Waals surface area contributed by atoms with Crippen molar-refractivity contribution in [1.82, 2.24) is 30.8 Å². The summed E-state index contributed by atoms with van der Waals surface area (Å²) in [6, 6.07) is 7.31. The molecule has 3 N–H and O–H groups in total. The second-order valence-electron chi connectivity index (χ2n) is 6.47. The van der Waals surface area contributed by atoms with Gasteiger partial charge in [0.05, 0.1) is 11.4 Å². The normalized spacial score (nSPS) is 11.8. The average molecular weight is 400 g/mol. The lowest BCUT2D eigenvalue weighted by molar-refractivity contribution is -0.128. The number of amides is 2. The average Bonchev–Trinajstić information content (AvgIpc) is 3.26. The lowest BCUT2D eigenvalue weighted by atomic mass is 10.1. The second kappa shape index (κ2) is 8.13. The Labute approximate surface area is 166 Å². The molecule has 10 heteroatoms. The van der Waals surface area contributed by atoms with Crippen molar-refractivity contribution in [1.29, 1.82) is 0 Å². The van der Waals surface area contributed by atoms with Crippen LogP contribution >= 0.6 is 0 Å². The van der Waals surface area contributed by atoms with Crippen LogP contribution in [0.3, 0.4) is 0 Å². The van der Waals surface area contributed by atoms with Gasteiger partial charge in [-0.05, 0) is 39.0 Å². The number of nitrogens with zero attached hydrogens (tertiary/aromatic N) is 3. The van der Waals surface area contributed by atoms with Gasteiger partial charge in [-0.1, -0.05) is 12.1 Å². The number of halogens is 1. The Balaban J connectivity index is 1.60. The number of benzene rings is 1. The Kier molecular flexibility index (Phi) is 5.62. The Morgan fingerprint density at radius 2 is 1.97 bits per heavy atom. The van der Waals surface area contributed by atoms with Crippen molar-refractivity contribution in [3.05, 3.63) is 53.2 Å². The minimum Gasteiger partial charge on any atom is -0.478 e. The molecule has 2 heterocycles. The summed E-state index contributed by atoms with van der Waals surface area (Å²) >= 11 is 0. The van der Waals surface area contributed by atoms with Gasteiger partial charge in [-0.25, -0.2) is 4.39 Å². The molecule has 2 aromatic heterocycles. The van der Waals surface area contributed by atoms with E-state index in [2.05, 4.69) is 26.1 Å². The van der Waals surface area contributed by atoms with Crippen molar-refractivity contribution in [2.75, 3.05) is 0 Å². The molecule has 0 aliphatic carbocycles. The van der Waals surface area contributed by atoms with E-state index in [0.717, 1.165) is 17.0 Å². The van der Waals surface area contributed by atoms with Gasteiger partial charge in [0, 0.05) is 18.3 Å². The van der Waals surface area contributed by atoms with Crippen LogP contribution in [0.25, 0.3) is 11.3 Å². The highest BCUT2D eigenvalue weighted by molar-refractivity contribution is 5.95. The highest BCUT2D eigenvalue weighted by Crippen LogP contribution is 2.25. The Hall–Kier alpha value is -3.69. The van der Waals surface area contributed by atoms with Crippen molar-refractivity contribution >= 4 is 11.8 Å². The molecule has 0 aliphatic heterocycles. The molecular formula is C19H21FN6O3. The maximum atomic E-state index is 13.6. The quantitative estimate of drug-likeness (QED) is 0.565. The number of aromatic nitrogens is 4. The van der Waals surface area contributed by atoms with Crippen molar-refractivity contribution in [2.45, 2.75) is 26.9 Å². The zero-order valence-corrected chi connectivity index (χ0v) is 16.4. The fourth-order valence-corrected chi connectivity index (χ4v) is 2.78. The van der Waals surface area contributed by atoms with E-state index in [9.17, 15) is 14.0 Å². The molecular weight excluding hydrogens is 379 g/mol. The third-order valence-corrected chi connectivity index (χ3v) is 4.40. The van der Waals surface area contributed by atoms with Crippen LogP contribution in [0.4, 0.5) is 4.39 Å². The Morgan fingerprint density at radius 3 is 2.62 bits per heavy atom. The molecule has 0 aliphatic rings. The predicted molar refractivity (Wildman–Crippen MR) is 102 cm³/mol.